The van der Waals surface area contributed by atoms with Gasteiger partial charge in [-0.1, -0.05) is 60.1 Å². The van der Waals surface area contributed by atoms with E-state index in [1.165, 1.54) is 29.4 Å². The number of halogens is 4. The lowest BCUT2D eigenvalue weighted by molar-refractivity contribution is -0.740. The number of carbonyl (C=O) groups excluding carboxylic acids is 2. The SMILES string of the molecule is CCOC(=O)COC(=O)c1cc(Oc2ccc(C(F)(F)F)cc2Cl)ccc1[N+](=O)[O-].Cn1c(-c2ccccc2)cc(-c2ccccc2)[n+]1C. The third-order valence-corrected chi connectivity index (χ3v) is 7.35. The number of carbonyl (C=O) groups is 2. The molecule has 5 aromatic rings. The highest BCUT2D eigenvalue weighted by atomic mass is 35.5. The van der Waals surface area contributed by atoms with Crippen LogP contribution in [0.2, 0.25) is 5.02 Å². The van der Waals surface area contributed by atoms with E-state index in [4.69, 9.17) is 21.1 Å². The van der Waals surface area contributed by atoms with Gasteiger partial charge in [-0.25, -0.2) is 9.59 Å². The molecule has 0 amide bonds. The monoisotopic (exact) mass is 696 g/mol. The van der Waals surface area contributed by atoms with Crippen LogP contribution < -0.4 is 9.42 Å². The molecule has 5 rings (SSSR count). The smallest absolute Gasteiger partial charge is 0.416 e. The minimum atomic E-state index is -4.61. The Hall–Kier alpha value is -5.69. The summed E-state index contributed by atoms with van der Waals surface area (Å²) in [7, 11) is 4.18. The number of nitro groups is 1. The van der Waals surface area contributed by atoms with Crippen molar-refractivity contribution < 1.29 is 46.6 Å². The molecule has 0 radical (unpaired) electrons. The van der Waals surface area contributed by atoms with Crippen LogP contribution in [0.5, 0.6) is 11.5 Å². The first-order valence-electron chi connectivity index (χ1n) is 14.6. The second kappa shape index (κ2) is 15.9. The standard InChI is InChI=1S/C18H13ClF3NO7.C17H17N2/c1-2-28-16(24)9-29-17(25)12-8-11(4-5-14(12)23(26)27)30-15-6-3-10(7-13(15)19)18(20,21)22;1-18-16(14-9-5-3-6-10-14)13-17(19(18)2)15-11-7-4-8-12-15/h3-8H,2,9H2,1H3;3-13H,1-2H3/q;+1. The first kappa shape index (κ1) is 36.2. The molecule has 254 valence electrons. The van der Waals surface area contributed by atoms with Crippen molar-refractivity contribution in [2.45, 2.75) is 13.1 Å². The van der Waals surface area contributed by atoms with Crippen molar-refractivity contribution in [1.82, 2.24) is 4.68 Å². The van der Waals surface area contributed by atoms with Gasteiger partial charge in [0.15, 0.2) is 13.7 Å². The van der Waals surface area contributed by atoms with E-state index in [1.807, 2.05) is 12.1 Å². The summed E-state index contributed by atoms with van der Waals surface area (Å²) >= 11 is 5.81. The van der Waals surface area contributed by atoms with Gasteiger partial charge in [-0.2, -0.15) is 17.9 Å². The summed E-state index contributed by atoms with van der Waals surface area (Å²) in [6, 6.07) is 28.6. The number of alkyl halides is 3. The van der Waals surface area contributed by atoms with E-state index in [9.17, 15) is 32.9 Å². The highest BCUT2D eigenvalue weighted by molar-refractivity contribution is 6.32. The predicted octanol–water partition coefficient (Wildman–Crippen LogP) is 7.96. The highest BCUT2D eigenvalue weighted by Gasteiger charge is 2.31. The number of rotatable bonds is 9. The third kappa shape index (κ3) is 9.23. The molecule has 14 heteroatoms. The fourth-order valence-corrected chi connectivity index (χ4v) is 4.81. The Morgan fingerprint density at radius 2 is 1.53 bits per heavy atom. The van der Waals surface area contributed by atoms with Crippen molar-refractivity contribution in [1.29, 1.82) is 0 Å². The van der Waals surface area contributed by atoms with Gasteiger partial charge < -0.3 is 14.2 Å². The van der Waals surface area contributed by atoms with Gasteiger partial charge in [-0.15, -0.1) is 4.68 Å². The van der Waals surface area contributed by atoms with E-state index < -0.39 is 46.5 Å². The molecule has 0 atom stereocenters. The van der Waals surface area contributed by atoms with Crippen molar-refractivity contribution in [3.8, 4) is 34.0 Å². The Morgan fingerprint density at radius 3 is 2.10 bits per heavy atom. The maximum Gasteiger partial charge on any atom is 0.416 e. The zero-order valence-electron chi connectivity index (χ0n) is 26.4. The van der Waals surface area contributed by atoms with Crippen LogP contribution in [-0.2, 0) is 34.5 Å². The Kier molecular flexibility index (Phi) is 11.8. The van der Waals surface area contributed by atoms with E-state index in [2.05, 4.69) is 82.8 Å². The maximum absolute atomic E-state index is 12.7. The number of esters is 2. The van der Waals surface area contributed by atoms with Gasteiger partial charge in [0.05, 0.1) is 29.2 Å². The first-order chi connectivity index (χ1) is 23.3. The van der Waals surface area contributed by atoms with E-state index in [1.54, 1.807) is 0 Å². The van der Waals surface area contributed by atoms with E-state index in [0.29, 0.717) is 6.07 Å². The van der Waals surface area contributed by atoms with Gasteiger partial charge in [0.25, 0.3) is 5.69 Å². The van der Waals surface area contributed by atoms with E-state index in [-0.39, 0.29) is 23.1 Å². The summed E-state index contributed by atoms with van der Waals surface area (Å²) in [5, 5.41) is 10.8. The fourth-order valence-electron chi connectivity index (χ4n) is 4.59. The summed E-state index contributed by atoms with van der Waals surface area (Å²) in [5.74, 6) is -2.36. The zero-order chi connectivity index (χ0) is 35.7. The van der Waals surface area contributed by atoms with Crippen LogP contribution in [0.4, 0.5) is 18.9 Å². The Balaban J connectivity index is 0.000000242. The van der Waals surface area contributed by atoms with Gasteiger partial charge in [-0.3, -0.25) is 10.1 Å². The average Bonchev–Trinajstić information content (AvgIpc) is 3.38. The van der Waals surface area contributed by atoms with Crippen molar-refractivity contribution in [2.24, 2.45) is 14.1 Å². The largest absolute Gasteiger partial charge is 0.463 e. The topological polar surface area (TPSA) is 114 Å². The van der Waals surface area contributed by atoms with Crippen LogP contribution in [-0.4, -0.2) is 34.8 Å². The predicted molar refractivity (Wildman–Crippen MR) is 174 cm³/mol. The number of aromatic nitrogens is 2. The molecule has 1 aromatic heterocycles. The van der Waals surface area contributed by atoms with Crippen molar-refractivity contribution >= 4 is 29.2 Å². The molecule has 0 aliphatic carbocycles. The van der Waals surface area contributed by atoms with Crippen LogP contribution in [0.25, 0.3) is 22.5 Å². The molecular weight excluding hydrogens is 667 g/mol. The fraction of sp³-hybridized carbons (Fsp3) is 0.171. The van der Waals surface area contributed by atoms with Crippen molar-refractivity contribution in [3.05, 3.63) is 129 Å². The molecule has 0 aliphatic rings. The summed E-state index contributed by atoms with van der Waals surface area (Å²) in [4.78, 5) is 33.8. The zero-order valence-corrected chi connectivity index (χ0v) is 27.2. The maximum atomic E-state index is 12.7. The second-order valence-electron chi connectivity index (χ2n) is 10.3. The minimum absolute atomic E-state index is 0.0493. The quantitative estimate of drug-likeness (QED) is 0.0665. The van der Waals surface area contributed by atoms with E-state index >= 15 is 0 Å². The number of ether oxygens (including phenoxy) is 3. The lowest BCUT2D eigenvalue weighted by Gasteiger charge is -2.12. The Labute approximate surface area is 284 Å². The molecule has 0 bridgehead atoms. The summed E-state index contributed by atoms with van der Waals surface area (Å²) in [6.45, 7) is 0.825. The number of nitro benzene ring substituents is 1. The molecule has 0 saturated heterocycles. The molecule has 0 spiro atoms. The summed E-state index contributed by atoms with van der Waals surface area (Å²) < 4.78 is 57.1. The van der Waals surface area contributed by atoms with Crippen LogP contribution in [0, 0.1) is 10.1 Å². The van der Waals surface area contributed by atoms with Crippen molar-refractivity contribution in [2.75, 3.05) is 13.2 Å². The first-order valence-corrected chi connectivity index (χ1v) is 15.0. The minimum Gasteiger partial charge on any atom is -0.463 e. The number of nitrogens with zero attached hydrogens (tertiary/aromatic N) is 3. The molecule has 0 aliphatic heterocycles. The molecule has 0 N–H and O–H groups in total. The normalized spacial score (nSPS) is 10.8. The van der Waals surface area contributed by atoms with Crippen LogP contribution >= 0.6 is 11.6 Å². The third-order valence-electron chi connectivity index (χ3n) is 7.06. The summed E-state index contributed by atoms with van der Waals surface area (Å²) in [5.41, 5.74) is 2.76. The molecular formula is C35H30ClF3N3O7+. The van der Waals surface area contributed by atoms with Crippen LogP contribution in [0.1, 0.15) is 22.8 Å². The molecule has 10 nitrogen and oxygen atoms in total. The Morgan fingerprint density at radius 1 is 0.898 bits per heavy atom. The lowest BCUT2D eigenvalue weighted by Crippen LogP contribution is -2.39. The van der Waals surface area contributed by atoms with Crippen LogP contribution in [0.15, 0.2) is 103 Å². The number of benzene rings is 4. The van der Waals surface area contributed by atoms with Gasteiger partial charge in [0, 0.05) is 29.3 Å². The summed E-state index contributed by atoms with van der Waals surface area (Å²) in [6.07, 6.45) is -4.61. The number of hydrogen-bond donors (Lipinski definition) is 0. The van der Waals surface area contributed by atoms with Gasteiger partial charge in [0.2, 0.25) is 5.69 Å². The van der Waals surface area contributed by atoms with Gasteiger partial charge in [0.1, 0.15) is 22.8 Å². The average molecular weight is 697 g/mol. The van der Waals surface area contributed by atoms with Gasteiger partial charge in [-0.05, 0) is 43.3 Å². The van der Waals surface area contributed by atoms with Crippen LogP contribution in [0.3, 0.4) is 0 Å². The second-order valence-corrected chi connectivity index (χ2v) is 10.7. The van der Waals surface area contributed by atoms with E-state index in [0.717, 1.165) is 30.3 Å². The molecule has 1 heterocycles. The molecule has 0 unspecified atom stereocenters. The lowest BCUT2D eigenvalue weighted by atomic mass is 10.1. The number of hydrogen-bond acceptors (Lipinski definition) is 7. The molecule has 0 saturated carbocycles. The van der Waals surface area contributed by atoms with Crippen molar-refractivity contribution in [3.63, 3.8) is 0 Å². The highest BCUT2D eigenvalue weighted by Crippen LogP contribution is 2.37. The Bertz CT molecular complexity index is 1890. The van der Waals surface area contributed by atoms with Gasteiger partial charge >= 0.3 is 18.1 Å². The molecule has 49 heavy (non-hydrogen) atoms. The molecule has 4 aromatic carbocycles. The molecule has 0 fully saturated rings.